The maximum Gasteiger partial charge on any atom is 0.338 e. The quantitative estimate of drug-likeness (QED) is 0.264. The number of carbonyl (C=O) groups is 1. The molecule has 0 amide bonds. The molecule has 1 aliphatic heterocycles. The van der Waals surface area contributed by atoms with Gasteiger partial charge in [0, 0.05) is 10.0 Å². The molecule has 0 saturated carbocycles. The summed E-state index contributed by atoms with van der Waals surface area (Å²) in [6, 6.07) is 21.4. The third-order valence-electron chi connectivity index (χ3n) is 6.20. The lowest BCUT2D eigenvalue weighted by atomic mass is 9.96. The lowest BCUT2D eigenvalue weighted by Crippen LogP contribution is -2.39. The molecule has 1 aromatic heterocycles. The van der Waals surface area contributed by atoms with Crippen molar-refractivity contribution in [2.45, 2.75) is 26.5 Å². The van der Waals surface area contributed by atoms with Crippen molar-refractivity contribution in [1.29, 1.82) is 0 Å². The standard InChI is InChI=1S/C30H24Cl2N2O4S/c1-3-37-29(36)26-18(2)33-30-34(27(26)21-8-12-23(32)13-9-21)28(35)25(39-30)16-19-6-14-24(15-7-19)38-17-20-4-10-22(31)11-5-20/h4-16,27H,3,17H2,1-2H3/b25-16-/t27-/m1/s1. The van der Waals surface area contributed by atoms with E-state index in [1.54, 1.807) is 30.5 Å². The number of thiazole rings is 1. The second-order valence-corrected chi connectivity index (χ2v) is 10.7. The molecule has 1 aliphatic rings. The van der Waals surface area contributed by atoms with Crippen molar-refractivity contribution >= 4 is 46.6 Å². The van der Waals surface area contributed by atoms with Crippen LogP contribution in [-0.2, 0) is 16.1 Å². The molecular weight excluding hydrogens is 555 g/mol. The van der Waals surface area contributed by atoms with E-state index in [-0.39, 0.29) is 12.2 Å². The van der Waals surface area contributed by atoms with Crippen LogP contribution in [0, 0.1) is 0 Å². The van der Waals surface area contributed by atoms with Crippen LogP contribution in [0.3, 0.4) is 0 Å². The fourth-order valence-corrected chi connectivity index (χ4v) is 5.61. The Morgan fingerprint density at radius 2 is 1.64 bits per heavy atom. The first-order valence-electron chi connectivity index (χ1n) is 12.3. The van der Waals surface area contributed by atoms with E-state index in [4.69, 9.17) is 32.7 Å². The number of allylic oxidation sites excluding steroid dienone is 1. The smallest absolute Gasteiger partial charge is 0.338 e. The molecule has 198 valence electrons. The van der Waals surface area contributed by atoms with Crippen molar-refractivity contribution in [2.75, 3.05) is 6.61 Å². The third kappa shape index (κ3) is 5.86. The van der Waals surface area contributed by atoms with Gasteiger partial charge >= 0.3 is 5.97 Å². The van der Waals surface area contributed by atoms with Crippen LogP contribution in [0.4, 0.5) is 0 Å². The van der Waals surface area contributed by atoms with E-state index < -0.39 is 12.0 Å². The van der Waals surface area contributed by atoms with E-state index in [1.807, 2.05) is 66.7 Å². The molecular formula is C30H24Cl2N2O4S. The Morgan fingerprint density at radius 1 is 1.00 bits per heavy atom. The minimum absolute atomic E-state index is 0.215. The van der Waals surface area contributed by atoms with Gasteiger partial charge in [-0.15, -0.1) is 0 Å². The summed E-state index contributed by atoms with van der Waals surface area (Å²) in [5.41, 5.74) is 3.20. The van der Waals surface area contributed by atoms with Crippen LogP contribution in [0.5, 0.6) is 5.75 Å². The molecule has 0 N–H and O–H groups in total. The average Bonchev–Trinajstić information content (AvgIpc) is 3.23. The SMILES string of the molecule is CCOC(=O)C1=C(C)N=c2s/c(=C\c3ccc(OCc4ccc(Cl)cc4)cc3)c(=O)n2[C@@H]1c1ccc(Cl)cc1. The van der Waals surface area contributed by atoms with Gasteiger partial charge in [-0.25, -0.2) is 9.79 Å². The summed E-state index contributed by atoms with van der Waals surface area (Å²) >= 11 is 13.3. The highest BCUT2D eigenvalue weighted by Gasteiger charge is 2.33. The number of ether oxygens (including phenoxy) is 2. The van der Waals surface area contributed by atoms with E-state index in [1.165, 1.54) is 11.3 Å². The lowest BCUT2D eigenvalue weighted by molar-refractivity contribution is -0.139. The van der Waals surface area contributed by atoms with E-state index in [0.717, 1.165) is 16.7 Å². The molecule has 0 bridgehead atoms. The Balaban J connectivity index is 1.48. The van der Waals surface area contributed by atoms with Crippen molar-refractivity contribution in [3.8, 4) is 5.75 Å². The maximum absolute atomic E-state index is 13.7. The maximum atomic E-state index is 13.7. The Hall–Kier alpha value is -3.65. The molecule has 0 unspecified atom stereocenters. The Morgan fingerprint density at radius 3 is 2.28 bits per heavy atom. The van der Waals surface area contributed by atoms with Crippen molar-refractivity contribution in [2.24, 2.45) is 4.99 Å². The Bertz CT molecular complexity index is 1720. The zero-order chi connectivity index (χ0) is 27.5. The van der Waals surface area contributed by atoms with Gasteiger partial charge in [0.1, 0.15) is 12.4 Å². The van der Waals surface area contributed by atoms with Gasteiger partial charge in [0.2, 0.25) is 0 Å². The first-order valence-corrected chi connectivity index (χ1v) is 13.8. The van der Waals surface area contributed by atoms with Crippen LogP contribution in [-0.4, -0.2) is 17.1 Å². The predicted octanol–water partition coefficient (Wildman–Crippen LogP) is 5.68. The number of nitrogens with zero attached hydrogens (tertiary/aromatic N) is 2. The minimum Gasteiger partial charge on any atom is -0.489 e. The highest BCUT2D eigenvalue weighted by Crippen LogP contribution is 2.31. The zero-order valence-electron chi connectivity index (χ0n) is 21.2. The number of hydrogen-bond donors (Lipinski definition) is 0. The molecule has 3 aromatic carbocycles. The van der Waals surface area contributed by atoms with Crippen LogP contribution >= 0.6 is 34.5 Å². The summed E-state index contributed by atoms with van der Waals surface area (Å²) in [5.74, 6) is 0.211. The average molecular weight is 580 g/mol. The van der Waals surface area contributed by atoms with Crippen LogP contribution in [0.2, 0.25) is 10.0 Å². The second kappa shape index (κ2) is 11.6. The largest absolute Gasteiger partial charge is 0.489 e. The van der Waals surface area contributed by atoms with E-state index in [9.17, 15) is 9.59 Å². The van der Waals surface area contributed by atoms with Crippen molar-refractivity contribution in [1.82, 2.24) is 4.57 Å². The molecule has 6 nitrogen and oxygen atoms in total. The predicted molar refractivity (Wildman–Crippen MR) is 154 cm³/mol. The number of rotatable bonds is 7. The molecule has 0 aliphatic carbocycles. The highest BCUT2D eigenvalue weighted by atomic mass is 35.5. The van der Waals surface area contributed by atoms with E-state index >= 15 is 0 Å². The molecule has 9 heteroatoms. The number of halogens is 2. The van der Waals surface area contributed by atoms with Gasteiger partial charge in [0.05, 0.1) is 28.5 Å². The lowest BCUT2D eigenvalue weighted by Gasteiger charge is -2.24. The van der Waals surface area contributed by atoms with Crippen LogP contribution in [0.15, 0.2) is 93.9 Å². The summed E-state index contributed by atoms with van der Waals surface area (Å²) in [7, 11) is 0. The van der Waals surface area contributed by atoms with Gasteiger partial charge in [0.15, 0.2) is 4.80 Å². The van der Waals surface area contributed by atoms with Crippen LogP contribution in [0.1, 0.15) is 36.6 Å². The van der Waals surface area contributed by atoms with Crippen molar-refractivity contribution < 1.29 is 14.3 Å². The number of hydrogen-bond acceptors (Lipinski definition) is 6. The summed E-state index contributed by atoms with van der Waals surface area (Å²) in [4.78, 5) is 31.8. The van der Waals surface area contributed by atoms with Gasteiger partial charge in [0.25, 0.3) is 5.56 Å². The number of carbonyl (C=O) groups excluding carboxylic acids is 1. The molecule has 1 atom stereocenters. The third-order valence-corrected chi connectivity index (χ3v) is 7.69. The van der Waals surface area contributed by atoms with E-state index in [2.05, 4.69) is 4.99 Å². The summed E-state index contributed by atoms with van der Waals surface area (Å²) in [5, 5.41) is 1.24. The normalized spacial score (nSPS) is 15.1. The highest BCUT2D eigenvalue weighted by molar-refractivity contribution is 7.07. The fraction of sp³-hybridized carbons (Fsp3) is 0.167. The van der Waals surface area contributed by atoms with Gasteiger partial charge < -0.3 is 9.47 Å². The van der Waals surface area contributed by atoms with Gasteiger partial charge in [-0.1, -0.05) is 70.9 Å². The zero-order valence-corrected chi connectivity index (χ0v) is 23.5. The first-order chi connectivity index (χ1) is 18.8. The monoisotopic (exact) mass is 578 g/mol. The second-order valence-electron chi connectivity index (χ2n) is 8.84. The molecule has 0 fully saturated rings. The summed E-state index contributed by atoms with van der Waals surface area (Å²) in [6.07, 6.45) is 1.81. The Labute approximate surface area is 239 Å². The molecule has 5 rings (SSSR count). The number of fused-ring (bicyclic) bond motifs is 1. The number of esters is 1. The van der Waals surface area contributed by atoms with Crippen molar-refractivity contribution in [3.05, 3.63) is 130 Å². The van der Waals surface area contributed by atoms with Crippen LogP contribution in [0.25, 0.3) is 6.08 Å². The van der Waals surface area contributed by atoms with Gasteiger partial charge in [-0.3, -0.25) is 9.36 Å². The minimum atomic E-state index is -0.677. The van der Waals surface area contributed by atoms with Crippen molar-refractivity contribution in [3.63, 3.8) is 0 Å². The molecule has 0 saturated heterocycles. The summed E-state index contributed by atoms with van der Waals surface area (Å²) in [6.45, 7) is 4.14. The van der Waals surface area contributed by atoms with Gasteiger partial charge in [-0.2, -0.15) is 0 Å². The first kappa shape index (κ1) is 26.9. The summed E-state index contributed by atoms with van der Waals surface area (Å²) < 4.78 is 13.3. The Kier molecular flexibility index (Phi) is 8.02. The van der Waals surface area contributed by atoms with Gasteiger partial charge in [-0.05, 0) is 73.0 Å². The molecule has 0 spiro atoms. The fourth-order valence-electron chi connectivity index (χ4n) is 4.31. The molecule has 0 radical (unpaired) electrons. The molecule has 2 heterocycles. The number of aromatic nitrogens is 1. The molecule has 39 heavy (non-hydrogen) atoms. The molecule has 4 aromatic rings. The topological polar surface area (TPSA) is 69.9 Å². The van der Waals surface area contributed by atoms with E-state index in [0.29, 0.717) is 43.0 Å². The van der Waals surface area contributed by atoms with Crippen LogP contribution < -0.4 is 19.6 Å². The number of benzene rings is 3.